The molecule has 0 aliphatic rings. The van der Waals surface area contributed by atoms with Gasteiger partial charge in [-0.05, 0) is 46.3 Å². The Labute approximate surface area is 126 Å². The van der Waals surface area contributed by atoms with Crippen LogP contribution in [-0.4, -0.2) is 11.5 Å². The number of hydrogen-bond donors (Lipinski definition) is 2. The molecule has 0 fully saturated rings. The minimum atomic E-state index is -4.73. The Hall–Kier alpha value is -1.67. The SMILES string of the molecule is OCc1ccc(CNc2ccc(OC(F)(F)F)c(Br)c2)o1. The van der Waals surface area contributed by atoms with Crippen LogP contribution >= 0.6 is 15.9 Å². The summed E-state index contributed by atoms with van der Waals surface area (Å²) < 4.78 is 45.7. The third-order valence-corrected chi connectivity index (χ3v) is 3.12. The fourth-order valence-electron chi connectivity index (χ4n) is 1.61. The summed E-state index contributed by atoms with van der Waals surface area (Å²) in [6.45, 7) is 0.154. The van der Waals surface area contributed by atoms with Gasteiger partial charge in [-0.15, -0.1) is 13.2 Å². The first-order valence-electron chi connectivity index (χ1n) is 5.85. The van der Waals surface area contributed by atoms with Crippen molar-refractivity contribution in [2.75, 3.05) is 5.32 Å². The normalized spacial score (nSPS) is 11.5. The third kappa shape index (κ3) is 4.68. The van der Waals surface area contributed by atoms with E-state index in [1.807, 2.05) is 0 Å². The summed E-state index contributed by atoms with van der Waals surface area (Å²) in [4.78, 5) is 0. The maximum absolute atomic E-state index is 12.1. The van der Waals surface area contributed by atoms with Crippen LogP contribution in [-0.2, 0) is 13.2 Å². The molecule has 0 spiro atoms. The van der Waals surface area contributed by atoms with Crippen molar-refractivity contribution in [2.24, 2.45) is 0 Å². The van der Waals surface area contributed by atoms with Crippen LogP contribution < -0.4 is 10.1 Å². The first-order chi connectivity index (χ1) is 9.87. The lowest BCUT2D eigenvalue weighted by molar-refractivity contribution is -0.274. The van der Waals surface area contributed by atoms with Crippen molar-refractivity contribution in [3.05, 3.63) is 46.3 Å². The standard InChI is InChI=1S/C13H11BrF3NO3/c14-11-5-8(1-4-12(11)21-13(15,16)17)18-6-9-2-3-10(7-19)20-9/h1-5,18-19H,6-7H2. The van der Waals surface area contributed by atoms with E-state index in [9.17, 15) is 13.2 Å². The molecule has 0 aliphatic heterocycles. The molecule has 2 aromatic rings. The molecule has 0 saturated carbocycles. The molecule has 21 heavy (non-hydrogen) atoms. The van der Waals surface area contributed by atoms with Crippen LogP contribution in [0.3, 0.4) is 0 Å². The summed E-state index contributed by atoms with van der Waals surface area (Å²) >= 11 is 3.02. The van der Waals surface area contributed by atoms with Gasteiger partial charge in [0, 0.05) is 5.69 Å². The Morgan fingerprint density at radius 3 is 2.48 bits per heavy atom. The average molecular weight is 366 g/mol. The summed E-state index contributed by atoms with van der Waals surface area (Å²) in [5.41, 5.74) is 0.596. The zero-order valence-electron chi connectivity index (χ0n) is 10.6. The maximum atomic E-state index is 12.1. The Morgan fingerprint density at radius 1 is 1.19 bits per heavy atom. The van der Waals surface area contributed by atoms with Crippen LogP contribution in [0.4, 0.5) is 18.9 Å². The number of nitrogens with one attached hydrogen (secondary N) is 1. The van der Waals surface area contributed by atoms with Gasteiger partial charge >= 0.3 is 6.36 Å². The molecule has 4 nitrogen and oxygen atoms in total. The van der Waals surface area contributed by atoms with Crippen molar-refractivity contribution in [3.8, 4) is 5.75 Å². The number of aliphatic hydroxyl groups is 1. The van der Waals surface area contributed by atoms with E-state index >= 15 is 0 Å². The van der Waals surface area contributed by atoms with Crippen LogP contribution in [0.1, 0.15) is 11.5 Å². The third-order valence-electron chi connectivity index (χ3n) is 2.50. The minimum Gasteiger partial charge on any atom is -0.462 e. The molecular formula is C13H11BrF3NO3. The van der Waals surface area contributed by atoms with Gasteiger partial charge in [0.15, 0.2) is 0 Å². The highest BCUT2D eigenvalue weighted by atomic mass is 79.9. The van der Waals surface area contributed by atoms with E-state index in [2.05, 4.69) is 26.0 Å². The lowest BCUT2D eigenvalue weighted by Gasteiger charge is -2.12. The van der Waals surface area contributed by atoms with E-state index < -0.39 is 6.36 Å². The fourth-order valence-corrected chi connectivity index (χ4v) is 2.07. The Bertz CT molecular complexity index is 613. The summed E-state index contributed by atoms with van der Waals surface area (Å²) in [5.74, 6) is 0.737. The Kier molecular flexibility index (Phi) is 4.79. The van der Waals surface area contributed by atoms with E-state index in [4.69, 9.17) is 9.52 Å². The van der Waals surface area contributed by atoms with E-state index in [1.54, 1.807) is 12.1 Å². The summed E-state index contributed by atoms with van der Waals surface area (Å²) in [7, 11) is 0. The van der Waals surface area contributed by atoms with Crippen LogP contribution in [0, 0.1) is 0 Å². The predicted octanol–water partition coefficient (Wildman–Crippen LogP) is 4.05. The van der Waals surface area contributed by atoms with Crippen molar-refractivity contribution >= 4 is 21.6 Å². The van der Waals surface area contributed by atoms with E-state index in [-0.39, 0.29) is 16.8 Å². The molecule has 1 aromatic heterocycles. The van der Waals surface area contributed by atoms with Crippen LogP contribution in [0.25, 0.3) is 0 Å². The number of ether oxygens (including phenoxy) is 1. The smallest absolute Gasteiger partial charge is 0.462 e. The highest BCUT2D eigenvalue weighted by molar-refractivity contribution is 9.10. The number of aliphatic hydroxyl groups excluding tert-OH is 1. The molecule has 1 aromatic carbocycles. The van der Waals surface area contributed by atoms with Crippen molar-refractivity contribution in [3.63, 3.8) is 0 Å². The van der Waals surface area contributed by atoms with Crippen LogP contribution in [0.15, 0.2) is 39.2 Å². The lowest BCUT2D eigenvalue weighted by atomic mass is 10.3. The van der Waals surface area contributed by atoms with Crippen LogP contribution in [0.2, 0.25) is 0 Å². The molecular weight excluding hydrogens is 355 g/mol. The first-order valence-corrected chi connectivity index (χ1v) is 6.64. The zero-order chi connectivity index (χ0) is 15.5. The second-order valence-electron chi connectivity index (χ2n) is 4.07. The number of rotatable bonds is 5. The van der Waals surface area contributed by atoms with Gasteiger partial charge in [0.25, 0.3) is 0 Å². The number of benzene rings is 1. The van der Waals surface area contributed by atoms with Gasteiger partial charge in [0.05, 0.1) is 11.0 Å². The largest absolute Gasteiger partial charge is 0.573 e. The molecule has 8 heteroatoms. The second-order valence-corrected chi connectivity index (χ2v) is 4.93. The number of anilines is 1. The van der Waals surface area contributed by atoms with Gasteiger partial charge in [-0.25, -0.2) is 0 Å². The molecule has 1 heterocycles. The molecule has 2 rings (SSSR count). The Morgan fingerprint density at radius 2 is 1.90 bits per heavy atom. The van der Waals surface area contributed by atoms with E-state index in [1.165, 1.54) is 18.2 Å². The van der Waals surface area contributed by atoms with E-state index in [0.29, 0.717) is 23.8 Å². The monoisotopic (exact) mass is 365 g/mol. The van der Waals surface area contributed by atoms with Crippen molar-refractivity contribution < 1.29 is 27.4 Å². The highest BCUT2D eigenvalue weighted by Gasteiger charge is 2.31. The number of hydrogen-bond acceptors (Lipinski definition) is 4. The molecule has 0 saturated heterocycles. The fraction of sp³-hybridized carbons (Fsp3) is 0.231. The number of halogens is 4. The van der Waals surface area contributed by atoms with Crippen molar-refractivity contribution in [1.29, 1.82) is 0 Å². The summed E-state index contributed by atoms with van der Waals surface area (Å²) in [6, 6.07) is 7.49. The Balaban J connectivity index is 1.99. The highest BCUT2D eigenvalue weighted by Crippen LogP contribution is 2.32. The van der Waals surface area contributed by atoms with Gasteiger partial charge in [-0.1, -0.05) is 0 Å². The quantitative estimate of drug-likeness (QED) is 0.839. The minimum absolute atomic E-state index is 0.181. The van der Waals surface area contributed by atoms with Gasteiger partial charge in [0.1, 0.15) is 23.9 Å². The summed E-state index contributed by atoms with van der Waals surface area (Å²) in [6.07, 6.45) is -4.73. The maximum Gasteiger partial charge on any atom is 0.573 e. The van der Waals surface area contributed by atoms with Crippen LogP contribution in [0.5, 0.6) is 5.75 Å². The van der Waals surface area contributed by atoms with Crippen molar-refractivity contribution in [2.45, 2.75) is 19.5 Å². The lowest BCUT2D eigenvalue weighted by Crippen LogP contribution is -2.17. The zero-order valence-corrected chi connectivity index (χ0v) is 12.2. The molecule has 114 valence electrons. The predicted molar refractivity (Wildman–Crippen MR) is 72.8 cm³/mol. The summed E-state index contributed by atoms with van der Waals surface area (Å²) in [5, 5.41) is 11.9. The van der Waals surface area contributed by atoms with Gasteiger partial charge in [-0.2, -0.15) is 0 Å². The number of alkyl halides is 3. The van der Waals surface area contributed by atoms with Gasteiger partial charge < -0.3 is 19.6 Å². The first kappa shape index (κ1) is 15.7. The molecule has 0 unspecified atom stereocenters. The van der Waals surface area contributed by atoms with E-state index in [0.717, 1.165) is 0 Å². The average Bonchev–Trinajstić information content (AvgIpc) is 2.86. The molecule has 0 bridgehead atoms. The van der Waals surface area contributed by atoms with Crippen molar-refractivity contribution in [1.82, 2.24) is 0 Å². The molecule has 0 aliphatic carbocycles. The molecule has 0 radical (unpaired) electrons. The van der Waals surface area contributed by atoms with Gasteiger partial charge in [0.2, 0.25) is 0 Å². The molecule has 2 N–H and O–H groups in total. The number of furan rings is 1. The molecule has 0 amide bonds. The van der Waals surface area contributed by atoms with Gasteiger partial charge in [-0.3, -0.25) is 0 Å². The second kappa shape index (κ2) is 6.40. The topological polar surface area (TPSA) is 54.6 Å². The molecule has 0 atom stereocenters.